The van der Waals surface area contributed by atoms with Crippen molar-refractivity contribution >= 4 is 14.7 Å². The van der Waals surface area contributed by atoms with E-state index in [9.17, 15) is 0 Å². The van der Waals surface area contributed by atoms with Crippen LogP contribution in [-0.4, -0.2) is 24.7 Å². The molecule has 1 fully saturated rings. The van der Waals surface area contributed by atoms with Gasteiger partial charge in [-0.2, -0.15) is 5.10 Å². The van der Waals surface area contributed by atoms with E-state index in [-0.39, 0.29) is 9.52 Å². The van der Waals surface area contributed by atoms with E-state index in [2.05, 4.69) is 55.2 Å². The number of aryl methyl sites for hydroxylation is 1. The van der Waals surface area contributed by atoms with Gasteiger partial charge in [0.2, 0.25) is 0 Å². The minimum Gasteiger partial charge on any atom is -0.255 e. The summed E-state index contributed by atoms with van der Waals surface area (Å²) in [5.41, 5.74) is 3.17. The minimum absolute atomic E-state index is 0.340. The minimum atomic E-state index is -0.340. The molecular formula is C36H61N3Si. The summed E-state index contributed by atoms with van der Waals surface area (Å²) in [5.74, 6) is 2.87. The maximum absolute atomic E-state index is 4.74. The highest BCUT2D eigenvalue weighted by Gasteiger charge is 2.19. The second kappa shape index (κ2) is 20.3. The zero-order valence-corrected chi connectivity index (χ0v) is 27.9. The van der Waals surface area contributed by atoms with Crippen molar-refractivity contribution in [2.24, 2.45) is 17.8 Å². The van der Waals surface area contributed by atoms with E-state index in [0.717, 1.165) is 41.3 Å². The molecule has 2 heterocycles. The molecule has 0 aliphatic heterocycles. The quantitative estimate of drug-likeness (QED) is 0.0942. The van der Waals surface area contributed by atoms with E-state index in [1.807, 2.05) is 6.20 Å². The van der Waals surface area contributed by atoms with Gasteiger partial charge in [-0.25, -0.2) is 0 Å². The highest BCUT2D eigenvalue weighted by molar-refractivity contribution is 6.55. The Morgan fingerprint density at radius 1 is 0.750 bits per heavy atom. The predicted octanol–water partition coefficient (Wildman–Crippen LogP) is 9.63. The van der Waals surface area contributed by atoms with Crippen molar-refractivity contribution in [1.82, 2.24) is 15.2 Å². The van der Waals surface area contributed by atoms with Crippen molar-refractivity contribution in [1.29, 1.82) is 0 Å². The molecule has 0 saturated heterocycles. The predicted molar refractivity (Wildman–Crippen MR) is 177 cm³/mol. The lowest BCUT2D eigenvalue weighted by atomic mass is 9.93. The van der Waals surface area contributed by atoms with Gasteiger partial charge in [-0.1, -0.05) is 148 Å². The molecule has 2 aromatic rings. The molecule has 0 bridgehead atoms. The first kappa shape index (κ1) is 33.0. The molecular weight excluding hydrogens is 503 g/mol. The Kier molecular flexibility index (Phi) is 16.8. The third kappa shape index (κ3) is 14.4. The first-order chi connectivity index (χ1) is 19.7. The molecule has 0 aromatic carbocycles. The average molecular weight is 564 g/mol. The average Bonchev–Trinajstić information content (AvgIpc) is 3.80. The number of pyridine rings is 1. The summed E-state index contributed by atoms with van der Waals surface area (Å²) in [7, 11) is -0.340. The highest BCUT2D eigenvalue weighted by atomic mass is 28.2. The Morgan fingerprint density at radius 3 is 2.15 bits per heavy atom. The van der Waals surface area contributed by atoms with E-state index in [0.29, 0.717) is 0 Å². The van der Waals surface area contributed by atoms with Gasteiger partial charge < -0.3 is 0 Å². The van der Waals surface area contributed by atoms with Gasteiger partial charge in [0.05, 0.1) is 20.9 Å². The van der Waals surface area contributed by atoms with Crippen LogP contribution in [0.15, 0.2) is 30.5 Å². The van der Waals surface area contributed by atoms with Gasteiger partial charge >= 0.3 is 0 Å². The van der Waals surface area contributed by atoms with Crippen LogP contribution in [0, 0.1) is 17.8 Å². The van der Waals surface area contributed by atoms with Gasteiger partial charge in [0.1, 0.15) is 5.69 Å². The third-order valence-corrected chi connectivity index (χ3v) is 11.1. The van der Waals surface area contributed by atoms with Crippen LogP contribution in [0.5, 0.6) is 0 Å². The van der Waals surface area contributed by atoms with Gasteiger partial charge in [0.25, 0.3) is 0 Å². The Hall–Kier alpha value is -1.55. The maximum Gasteiger partial charge on any atom is 0.111 e. The zero-order valence-electron chi connectivity index (χ0n) is 26.5. The second-order valence-electron chi connectivity index (χ2n) is 13.3. The van der Waals surface area contributed by atoms with Crippen molar-refractivity contribution in [2.75, 3.05) is 0 Å². The number of nitrogens with zero attached hydrogens (tertiary/aromatic N) is 3. The summed E-state index contributed by atoms with van der Waals surface area (Å²) in [6.07, 6.45) is 29.7. The van der Waals surface area contributed by atoms with Gasteiger partial charge in [-0.05, 0) is 54.0 Å². The number of hydrogen-bond acceptors (Lipinski definition) is 3. The second-order valence-corrected chi connectivity index (χ2v) is 15.2. The summed E-state index contributed by atoms with van der Waals surface area (Å²) in [5, 5.41) is 10.7. The van der Waals surface area contributed by atoms with E-state index in [1.54, 1.807) is 0 Å². The molecule has 3 nitrogen and oxygen atoms in total. The standard InChI is InChI=1S/C36H61N3Si/c1-4-5-11-17-30(2)18-14-19-31(3)20-16-29-40-35-23-15-28-37-36(35)34-27-26-33(38-39-34)22-13-10-8-6-7-9-12-21-32-24-25-32/h15,23,26-28,30-32H,4-14,16-22,24-25,29,40H2,1-3H3. The van der Waals surface area contributed by atoms with Crippen molar-refractivity contribution in [3.63, 3.8) is 0 Å². The normalized spacial score (nSPS) is 15.2. The fourth-order valence-electron chi connectivity index (χ4n) is 6.17. The molecule has 0 N–H and O–H groups in total. The van der Waals surface area contributed by atoms with Crippen LogP contribution in [0.4, 0.5) is 0 Å². The van der Waals surface area contributed by atoms with Crippen LogP contribution in [-0.2, 0) is 6.42 Å². The molecule has 2 unspecified atom stereocenters. The highest BCUT2D eigenvalue weighted by Crippen LogP contribution is 2.34. The van der Waals surface area contributed by atoms with Crippen LogP contribution in [0.3, 0.4) is 0 Å². The monoisotopic (exact) mass is 563 g/mol. The van der Waals surface area contributed by atoms with E-state index in [1.165, 1.54) is 133 Å². The van der Waals surface area contributed by atoms with Gasteiger partial charge in [-0.15, -0.1) is 5.10 Å². The summed E-state index contributed by atoms with van der Waals surface area (Å²) in [6, 6.07) is 10.1. The van der Waals surface area contributed by atoms with Crippen molar-refractivity contribution in [3.05, 3.63) is 36.2 Å². The SMILES string of the molecule is CCCCCC(C)CCCC(C)CCC[SiH2]c1cccnc1-c1ccc(CCCCCCCCCC2CC2)nn1. The summed E-state index contributed by atoms with van der Waals surface area (Å²) in [6.45, 7) is 7.22. The molecule has 0 amide bonds. The fourth-order valence-corrected chi connectivity index (χ4v) is 7.91. The zero-order chi connectivity index (χ0) is 28.3. The van der Waals surface area contributed by atoms with Gasteiger partial charge in [-0.3, -0.25) is 4.98 Å². The van der Waals surface area contributed by atoms with Crippen molar-refractivity contribution in [2.45, 2.75) is 155 Å². The number of rotatable bonds is 24. The summed E-state index contributed by atoms with van der Waals surface area (Å²) in [4.78, 5) is 4.74. The van der Waals surface area contributed by atoms with Crippen molar-refractivity contribution in [3.8, 4) is 11.4 Å². The smallest absolute Gasteiger partial charge is 0.111 e. The van der Waals surface area contributed by atoms with E-state index < -0.39 is 0 Å². The van der Waals surface area contributed by atoms with E-state index in [4.69, 9.17) is 4.98 Å². The number of aromatic nitrogens is 3. The molecule has 4 heteroatoms. The van der Waals surface area contributed by atoms with Gasteiger partial charge in [0, 0.05) is 6.20 Å². The van der Waals surface area contributed by atoms with Crippen LogP contribution in [0.1, 0.15) is 148 Å². The topological polar surface area (TPSA) is 38.7 Å². The van der Waals surface area contributed by atoms with E-state index >= 15 is 0 Å². The largest absolute Gasteiger partial charge is 0.255 e. The molecule has 2 atom stereocenters. The van der Waals surface area contributed by atoms with Crippen LogP contribution >= 0.6 is 0 Å². The number of unbranched alkanes of at least 4 members (excludes halogenated alkanes) is 8. The first-order valence-electron chi connectivity index (χ1n) is 17.4. The molecule has 3 rings (SSSR count). The van der Waals surface area contributed by atoms with Crippen LogP contribution in [0.2, 0.25) is 6.04 Å². The summed E-state index contributed by atoms with van der Waals surface area (Å²) < 4.78 is 0. The molecule has 1 aliphatic rings. The van der Waals surface area contributed by atoms with Gasteiger partial charge in [0.15, 0.2) is 0 Å². The lowest BCUT2D eigenvalue weighted by Crippen LogP contribution is -2.18. The molecule has 1 aliphatic carbocycles. The summed E-state index contributed by atoms with van der Waals surface area (Å²) >= 11 is 0. The Morgan fingerprint density at radius 2 is 1.45 bits per heavy atom. The number of hydrogen-bond donors (Lipinski definition) is 0. The molecule has 0 radical (unpaired) electrons. The Bertz CT molecular complexity index is 895. The molecule has 2 aromatic heterocycles. The Balaban J connectivity index is 1.28. The lowest BCUT2D eigenvalue weighted by molar-refractivity contribution is 0.400. The maximum atomic E-state index is 4.74. The molecule has 40 heavy (non-hydrogen) atoms. The Labute approximate surface area is 250 Å². The van der Waals surface area contributed by atoms with Crippen molar-refractivity contribution < 1.29 is 0 Å². The van der Waals surface area contributed by atoms with Crippen LogP contribution < -0.4 is 5.19 Å². The molecule has 0 spiro atoms. The third-order valence-electron chi connectivity index (χ3n) is 9.18. The fraction of sp³-hybridized carbons (Fsp3) is 0.750. The molecule has 1 saturated carbocycles. The first-order valence-corrected chi connectivity index (χ1v) is 19.1. The lowest BCUT2D eigenvalue weighted by Gasteiger charge is -2.14. The molecule has 224 valence electrons. The van der Waals surface area contributed by atoms with Crippen LogP contribution in [0.25, 0.3) is 11.4 Å².